The zero-order chi connectivity index (χ0) is 41.5. The molecule has 2 saturated heterocycles. The maximum atomic E-state index is 14.2. The zero-order valence-electron chi connectivity index (χ0n) is 33.9. The van der Waals surface area contributed by atoms with Crippen molar-refractivity contribution in [3.05, 3.63) is 46.5 Å². The molecule has 2 fully saturated rings. The molecule has 4 rings (SSSR count). The Bertz CT molecular complexity index is 1670. The number of methoxy groups -OCH3 is 2. The van der Waals surface area contributed by atoms with E-state index < -0.39 is 84.1 Å². The summed E-state index contributed by atoms with van der Waals surface area (Å²) < 4.78 is 31.8. The molecule has 4 bridgehead atoms. The number of fused-ring (bicyclic) bond motifs is 5. The SMILES string of the molecule is CCI(CC)SSCCC(=O)N(C)[C@@H](C)C(=O)O[C@H]1CC(=O)N(C)c2cc(cc(OC)c2Cl)C/C(C)=C/C=C/[C@@H](OC)[C@@]2(O)CC(OC(=O)N2)[C@@H](C)[C@@H]2OC12C. The minimum atomic E-state index is -1.82. The first-order valence-corrected chi connectivity index (χ1v) is 27.0. The van der Waals surface area contributed by atoms with Gasteiger partial charge in [0.15, 0.2) is 5.72 Å². The monoisotopic (exact) mass is 953 g/mol. The Kier molecular flexibility index (Phi) is 16.7. The molecule has 13 nitrogen and oxygen atoms in total. The van der Waals surface area contributed by atoms with Gasteiger partial charge in [0.05, 0.1) is 12.8 Å². The van der Waals surface area contributed by atoms with E-state index in [0.717, 1.165) is 11.1 Å². The number of alkyl carbamates (subject to hydrolysis) is 1. The first kappa shape index (κ1) is 46.5. The fourth-order valence-electron chi connectivity index (χ4n) is 6.90. The van der Waals surface area contributed by atoms with Crippen molar-refractivity contribution in [2.24, 2.45) is 5.92 Å². The summed E-state index contributed by atoms with van der Waals surface area (Å²) in [5.74, 6) is -0.807. The number of rotatable bonds is 12. The molecule has 314 valence electrons. The van der Waals surface area contributed by atoms with Crippen molar-refractivity contribution >= 4 is 78.4 Å². The van der Waals surface area contributed by atoms with Crippen molar-refractivity contribution in [2.75, 3.05) is 47.8 Å². The number of allylic oxidation sites excluding steroid dienone is 3. The Morgan fingerprint density at radius 1 is 1.23 bits per heavy atom. The third-order valence-corrected chi connectivity index (χ3v) is 26.2. The molecule has 0 aliphatic carbocycles. The molecular weight excluding hydrogens is 897 g/mol. The summed E-state index contributed by atoms with van der Waals surface area (Å²) in [6.45, 7) is 11.5. The summed E-state index contributed by atoms with van der Waals surface area (Å²) >= 11 is 5.75. The van der Waals surface area contributed by atoms with Gasteiger partial charge < -0.3 is 24.2 Å². The summed E-state index contributed by atoms with van der Waals surface area (Å²) in [5, 5.41) is 14.5. The van der Waals surface area contributed by atoms with Gasteiger partial charge in [-0.1, -0.05) is 42.3 Å². The van der Waals surface area contributed by atoms with Gasteiger partial charge in [0, 0.05) is 26.5 Å². The predicted molar refractivity (Wildman–Crippen MR) is 231 cm³/mol. The summed E-state index contributed by atoms with van der Waals surface area (Å²) in [7, 11) is 9.74. The molecule has 0 aromatic heterocycles. The molecule has 3 aliphatic rings. The Balaban J connectivity index is 1.67. The van der Waals surface area contributed by atoms with E-state index in [0.29, 0.717) is 23.6 Å². The number of likely N-dealkylation sites (N-methyl/N-ethyl adjacent to an activating group) is 1. The zero-order valence-corrected chi connectivity index (χ0v) is 38.4. The number of alkyl halides is 2. The van der Waals surface area contributed by atoms with Crippen molar-refractivity contribution in [1.82, 2.24) is 10.2 Å². The van der Waals surface area contributed by atoms with Crippen LogP contribution >= 0.6 is 48.8 Å². The first-order valence-electron chi connectivity index (χ1n) is 18.7. The first-order chi connectivity index (χ1) is 26.4. The van der Waals surface area contributed by atoms with Crippen LogP contribution in [0.5, 0.6) is 5.75 Å². The summed E-state index contributed by atoms with van der Waals surface area (Å²) in [4.78, 5) is 56.9. The number of halogens is 2. The number of nitrogens with one attached hydrogen (secondary N) is 1. The number of aliphatic hydroxyl groups is 1. The minimum absolute atomic E-state index is 0.0433. The average Bonchev–Trinajstić information content (AvgIpc) is 3.86. The number of benzene rings is 1. The van der Waals surface area contributed by atoms with Crippen molar-refractivity contribution in [3.63, 3.8) is 0 Å². The van der Waals surface area contributed by atoms with Crippen LogP contribution in [0.1, 0.15) is 66.4 Å². The second-order valence-corrected chi connectivity index (χ2v) is 28.3. The van der Waals surface area contributed by atoms with Crippen LogP contribution < -0.4 is 15.0 Å². The number of ether oxygens (including phenoxy) is 5. The van der Waals surface area contributed by atoms with E-state index >= 15 is 0 Å². The molecule has 3 heterocycles. The van der Waals surface area contributed by atoms with E-state index in [1.165, 1.54) is 32.9 Å². The van der Waals surface area contributed by atoms with Gasteiger partial charge in [-0.15, -0.1) is 0 Å². The van der Waals surface area contributed by atoms with E-state index in [1.807, 2.05) is 34.0 Å². The van der Waals surface area contributed by atoms with Crippen LogP contribution in [0.25, 0.3) is 0 Å². The Hall–Kier alpha value is -2.22. The standard InChI is InChI=1S/C39H57ClIN3O10S2/c1-11-41(12-2)56-55-17-16-32(45)43(7)25(5)36(47)53-31-21-33(46)44(8)27-19-26(20-28(50-9)34(27)40)18-23(3)14-13-15-30(51-10)39(49)22-29(52-37(48)42-39)24(4)35-38(31,6)54-35/h13-15,19-20,24-25,29-31,35,49H,11-12,16-18,21-22H2,1-10H3,(H,42,48)/b15-13+,23-14+/t24-,25+,29?,30-,31+,35+,38?,39+/m1/s1. The molecule has 0 spiro atoms. The van der Waals surface area contributed by atoms with Crippen LogP contribution in [-0.2, 0) is 39.8 Å². The van der Waals surface area contributed by atoms with E-state index in [-0.39, 0.29) is 30.2 Å². The second-order valence-electron chi connectivity index (χ2n) is 14.5. The number of epoxide rings is 1. The van der Waals surface area contributed by atoms with Gasteiger partial charge in [-0.2, -0.15) is 0 Å². The Labute approximate surface area is 349 Å². The molecule has 8 atom stereocenters. The van der Waals surface area contributed by atoms with Crippen molar-refractivity contribution in [1.29, 1.82) is 0 Å². The average molecular weight is 954 g/mol. The molecule has 1 aromatic carbocycles. The fraction of sp³-hybridized carbons (Fsp3) is 0.641. The number of nitrogens with zero attached hydrogens (tertiary/aromatic N) is 2. The van der Waals surface area contributed by atoms with Gasteiger partial charge >= 0.3 is 171 Å². The van der Waals surface area contributed by atoms with Crippen LogP contribution in [0.4, 0.5) is 10.5 Å². The molecule has 2 N–H and O–H groups in total. The molecule has 3 aliphatic heterocycles. The predicted octanol–water partition coefficient (Wildman–Crippen LogP) is 6.75. The van der Waals surface area contributed by atoms with E-state index in [9.17, 15) is 24.3 Å². The number of hydrogen-bond donors (Lipinski definition) is 2. The fourth-order valence-corrected chi connectivity index (χ4v) is 19.7. The molecule has 17 heteroatoms. The second kappa shape index (κ2) is 20.2. The number of carbonyl (C=O) groups excluding carboxylic acids is 4. The van der Waals surface area contributed by atoms with Crippen LogP contribution in [0.15, 0.2) is 35.9 Å². The van der Waals surface area contributed by atoms with Gasteiger partial charge in [0.1, 0.15) is 23.0 Å². The molecule has 2 unspecified atom stereocenters. The van der Waals surface area contributed by atoms with Crippen LogP contribution in [-0.4, -0.2) is 119 Å². The van der Waals surface area contributed by atoms with Crippen molar-refractivity contribution in [3.8, 4) is 5.75 Å². The maximum absolute atomic E-state index is 14.2. The third-order valence-electron chi connectivity index (χ3n) is 10.7. The van der Waals surface area contributed by atoms with E-state index in [4.69, 9.17) is 35.3 Å². The quantitative estimate of drug-likeness (QED) is 0.0569. The molecular formula is C39H57ClIN3O10S2. The molecule has 1 aromatic rings. The molecule has 0 saturated carbocycles. The normalized spacial score (nSPS) is 30.4. The summed E-state index contributed by atoms with van der Waals surface area (Å²) in [6.07, 6.45) is 1.30. The third kappa shape index (κ3) is 11.1. The number of carbonyl (C=O) groups is 4. The molecule has 3 amide bonds. The summed E-state index contributed by atoms with van der Waals surface area (Å²) in [5.41, 5.74) is -0.876. The van der Waals surface area contributed by atoms with Gasteiger partial charge in [-0.05, 0) is 31.0 Å². The van der Waals surface area contributed by atoms with Crippen LogP contribution in [0.3, 0.4) is 0 Å². The van der Waals surface area contributed by atoms with Gasteiger partial charge in [0.2, 0.25) is 0 Å². The van der Waals surface area contributed by atoms with Crippen LogP contribution in [0, 0.1) is 5.92 Å². The number of amides is 3. The summed E-state index contributed by atoms with van der Waals surface area (Å²) in [6, 6.07) is 2.65. The van der Waals surface area contributed by atoms with Crippen molar-refractivity contribution < 1.29 is 48.0 Å². The number of anilines is 1. The number of hydrogen-bond acceptors (Lipinski definition) is 12. The van der Waals surface area contributed by atoms with E-state index in [2.05, 4.69) is 19.2 Å². The number of esters is 1. The van der Waals surface area contributed by atoms with Crippen LogP contribution in [0.2, 0.25) is 5.02 Å². The van der Waals surface area contributed by atoms with Gasteiger partial charge in [0.25, 0.3) is 0 Å². The van der Waals surface area contributed by atoms with Crippen molar-refractivity contribution in [2.45, 2.75) is 109 Å². The Morgan fingerprint density at radius 2 is 1.93 bits per heavy atom. The van der Waals surface area contributed by atoms with Gasteiger partial charge in [-0.3, -0.25) is 10.1 Å². The molecule has 56 heavy (non-hydrogen) atoms. The van der Waals surface area contributed by atoms with E-state index in [1.54, 1.807) is 57.0 Å². The molecule has 0 radical (unpaired) electrons. The topological polar surface area (TPSA) is 156 Å². The van der Waals surface area contributed by atoms with Gasteiger partial charge in [-0.25, -0.2) is 4.79 Å². The Morgan fingerprint density at radius 3 is 2.57 bits per heavy atom.